The first-order valence-corrected chi connectivity index (χ1v) is 5.48. The Morgan fingerprint density at radius 2 is 2.29 bits per heavy atom. The van der Waals surface area contributed by atoms with Crippen molar-refractivity contribution in [3.63, 3.8) is 0 Å². The minimum atomic E-state index is -1.08. The van der Waals surface area contributed by atoms with Crippen molar-refractivity contribution in [3.8, 4) is 0 Å². The summed E-state index contributed by atoms with van der Waals surface area (Å²) < 4.78 is 5.07. The van der Waals surface area contributed by atoms with Crippen LogP contribution in [0.4, 0.5) is 0 Å². The molecule has 0 aliphatic rings. The van der Waals surface area contributed by atoms with Gasteiger partial charge >= 0.3 is 5.97 Å². The Bertz CT molecular complexity index is 425. The lowest BCUT2D eigenvalue weighted by molar-refractivity contribution is -0.143. The number of rotatable bonds is 4. The van der Waals surface area contributed by atoms with Gasteiger partial charge < -0.3 is 15.2 Å². The van der Waals surface area contributed by atoms with Crippen LogP contribution in [0.5, 0.6) is 0 Å². The molecule has 1 atom stereocenters. The molecule has 0 aliphatic carbocycles. The second-order valence-electron chi connectivity index (χ2n) is 3.12. The lowest BCUT2D eigenvalue weighted by Gasteiger charge is -2.13. The molecule has 1 heterocycles. The van der Waals surface area contributed by atoms with Crippen molar-refractivity contribution in [2.45, 2.75) is 6.04 Å². The van der Waals surface area contributed by atoms with Gasteiger partial charge in [-0.15, -0.1) is 0 Å². The standard InChI is InChI=1S/C10H11BrN2O4/c1-17-10(16)8(5-14)13-9(15)6-2-7(11)4-12-3-6/h2-4,8,14H,5H2,1H3,(H,13,15). The molecule has 0 aromatic carbocycles. The number of halogens is 1. The van der Waals surface area contributed by atoms with Crippen LogP contribution in [0, 0.1) is 0 Å². The Kier molecular flexibility index (Phi) is 5.05. The van der Waals surface area contributed by atoms with Crippen LogP contribution >= 0.6 is 15.9 Å². The third-order valence-corrected chi connectivity index (χ3v) is 2.37. The van der Waals surface area contributed by atoms with Gasteiger partial charge in [-0.2, -0.15) is 0 Å². The number of aliphatic hydroxyl groups excluding tert-OH is 1. The van der Waals surface area contributed by atoms with E-state index in [1.54, 1.807) is 6.07 Å². The molecule has 0 bridgehead atoms. The Labute approximate surface area is 106 Å². The number of hydrogen-bond donors (Lipinski definition) is 2. The number of carbonyl (C=O) groups excluding carboxylic acids is 2. The van der Waals surface area contributed by atoms with Crippen molar-refractivity contribution in [3.05, 3.63) is 28.5 Å². The molecular formula is C10H11BrN2O4. The number of ether oxygens (including phenoxy) is 1. The van der Waals surface area contributed by atoms with Crippen molar-refractivity contribution < 1.29 is 19.4 Å². The summed E-state index contributed by atoms with van der Waals surface area (Å²) >= 11 is 3.17. The van der Waals surface area contributed by atoms with Crippen LogP contribution in [0.15, 0.2) is 22.9 Å². The molecule has 2 N–H and O–H groups in total. The Balaban J connectivity index is 2.74. The minimum absolute atomic E-state index is 0.279. The van der Waals surface area contributed by atoms with Crippen LogP contribution in [0.25, 0.3) is 0 Å². The van der Waals surface area contributed by atoms with Gasteiger partial charge in [0.25, 0.3) is 5.91 Å². The number of nitrogens with one attached hydrogen (secondary N) is 1. The number of aliphatic hydroxyl groups is 1. The number of pyridine rings is 1. The molecule has 0 saturated carbocycles. The summed E-state index contributed by atoms with van der Waals surface area (Å²) in [5.41, 5.74) is 0.279. The number of esters is 1. The zero-order chi connectivity index (χ0) is 12.8. The van der Waals surface area contributed by atoms with Gasteiger partial charge in [-0.05, 0) is 22.0 Å². The number of carbonyl (C=O) groups is 2. The average Bonchev–Trinajstić information content (AvgIpc) is 2.34. The van der Waals surface area contributed by atoms with E-state index in [1.807, 2.05) is 0 Å². The SMILES string of the molecule is COC(=O)C(CO)NC(=O)c1cncc(Br)c1. The number of methoxy groups -OCH3 is 1. The Hall–Kier alpha value is -1.47. The molecule has 6 nitrogen and oxygen atoms in total. The van der Waals surface area contributed by atoms with Gasteiger partial charge in [0, 0.05) is 16.9 Å². The molecule has 0 fully saturated rings. The zero-order valence-corrected chi connectivity index (χ0v) is 10.6. The lowest BCUT2D eigenvalue weighted by Crippen LogP contribution is -2.44. The first-order chi connectivity index (χ1) is 8.08. The van der Waals surface area contributed by atoms with E-state index in [9.17, 15) is 9.59 Å². The summed E-state index contributed by atoms with van der Waals surface area (Å²) in [4.78, 5) is 26.7. The molecular weight excluding hydrogens is 292 g/mol. The minimum Gasteiger partial charge on any atom is -0.467 e. The fourth-order valence-electron chi connectivity index (χ4n) is 1.10. The quantitative estimate of drug-likeness (QED) is 0.771. The van der Waals surface area contributed by atoms with Crippen LogP contribution in [-0.4, -0.2) is 41.7 Å². The molecule has 0 spiro atoms. The molecule has 7 heteroatoms. The van der Waals surface area contributed by atoms with Gasteiger partial charge in [-0.25, -0.2) is 4.79 Å². The summed E-state index contributed by atoms with van der Waals surface area (Å²) in [7, 11) is 1.18. The molecule has 92 valence electrons. The fraction of sp³-hybridized carbons (Fsp3) is 0.300. The molecule has 1 aromatic heterocycles. The predicted octanol–water partition coefficient (Wildman–Crippen LogP) is 0.108. The summed E-state index contributed by atoms with van der Waals surface area (Å²) in [6.07, 6.45) is 2.88. The van der Waals surface area contributed by atoms with Gasteiger partial charge in [0.05, 0.1) is 19.3 Å². The van der Waals surface area contributed by atoms with E-state index in [4.69, 9.17) is 5.11 Å². The average molecular weight is 303 g/mol. The lowest BCUT2D eigenvalue weighted by atomic mass is 10.2. The second kappa shape index (κ2) is 6.31. The van der Waals surface area contributed by atoms with Gasteiger partial charge in [-0.3, -0.25) is 9.78 Å². The van der Waals surface area contributed by atoms with E-state index in [-0.39, 0.29) is 5.56 Å². The van der Waals surface area contributed by atoms with Crippen LogP contribution < -0.4 is 5.32 Å². The molecule has 1 amide bonds. The summed E-state index contributed by atoms with van der Waals surface area (Å²) in [6, 6.07) is 0.472. The topological polar surface area (TPSA) is 88.5 Å². The molecule has 1 aromatic rings. The van der Waals surface area contributed by atoms with Crippen molar-refractivity contribution in [1.29, 1.82) is 0 Å². The maximum absolute atomic E-state index is 11.7. The maximum atomic E-state index is 11.7. The van der Waals surface area contributed by atoms with Gasteiger partial charge in [0.15, 0.2) is 6.04 Å². The summed E-state index contributed by atoms with van der Waals surface area (Å²) in [6.45, 7) is -0.528. The van der Waals surface area contributed by atoms with E-state index in [0.29, 0.717) is 4.47 Å². The van der Waals surface area contributed by atoms with E-state index >= 15 is 0 Å². The first kappa shape index (κ1) is 13.6. The number of amides is 1. The summed E-state index contributed by atoms with van der Waals surface area (Å²) in [5.74, 6) is -1.22. The summed E-state index contributed by atoms with van der Waals surface area (Å²) in [5, 5.41) is 11.3. The highest BCUT2D eigenvalue weighted by molar-refractivity contribution is 9.10. The van der Waals surface area contributed by atoms with Crippen molar-refractivity contribution >= 4 is 27.8 Å². The monoisotopic (exact) mass is 302 g/mol. The van der Waals surface area contributed by atoms with E-state index < -0.39 is 24.5 Å². The number of nitrogens with zero attached hydrogens (tertiary/aromatic N) is 1. The zero-order valence-electron chi connectivity index (χ0n) is 9.01. The number of hydrogen-bond acceptors (Lipinski definition) is 5. The molecule has 0 radical (unpaired) electrons. The molecule has 0 aliphatic heterocycles. The molecule has 17 heavy (non-hydrogen) atoms. The molecule has 1 unspecified atom stereocenters. The third kappa shape index (κ3) is 3.79. The highest BCUT2D eigenvalue weighted by Crippen LogP contribution is 2.09. The van der Waals surface area contributed by atoms with Gasteiger partial charge in [0.2, 0.25) is 0 Å². The van der Waals surface area contributed by atoms with Crippen molar-refractivity contribution in [2.75, 3.05) is 13.7 Å². The normalized spacial score (nSPS) is 11.7. The van der Waals surface area contributed by atoms with Crippen LogP contribution in [-0.2, 0) is 9.53 Å². The van der Waals surface area contributed by atoms with E-state index in [1.165, 1.54) is 19.5 Å². The largest absolute Gasteiger partial charge is 0.467 e. The first-order valence-electron chi connectivity index (χ1n) is 4.68. The third-order valence-electron chi connectivity index (χ3n) is 1.94. The van der Waals surface area contributed by atoms with Crippen LogP contribution in [0.2, 0.25) is 0 Å². The molecule has 0 saturated heterocycles. The maximum Gasteiger partial charge on any atom is 0.330 e. The highest BCUT2D eigenvalue weighted by atomic mass is 79.9. The second-order valence-corrected chi connectivity index (χ2v) is 4.04. The van der Waals surface area contributed by atoms with E-state index in [2.05, 4.69) is 31.0 Å². The fourth-order valence-corrected chi connectivity index (χ4v) is 1.46. The highest BCUT2D eigenvalue weighted by Gasteiger charge is 2.21. The Morgan fingerprint density at radius 1 is 1.59 bits per heavy atom. The van der Waals surface area contributed by atoms with Gasteiger partial charge in [0.1, 0.15) is 0 Å². The van der Waals surface area contributed by atoms with Crippen molar-refractivity contribution in [2.24, 2.45) is 0 Å². The molecule has 1 rings (SSSR count). The van der Waals surface area contributed by atoms with Crippen LogP contribution in [0.3, 0.4) is 0 Å². The van der Waals surface area contributed by atoms with Crippen LogP contribution in [0.1, 0.15) is 10.4 Å². The van der Waals surface area contributed by atoms with Gasteiger partial charge in [-0.1, -0.05) is 0 Å². The van der Waals surface area contributed by atoms with E-state index in [0.717, 1.165) is 0 Å². The Morgan fingerprint density at radius 3 is 2.82 bits per heavy atom. The smallest absolute Gasteiger partial charge is 0.330 e. The predicted molar refractivity (Wildman–Crippen MR) is 62.3 cm³/mol. The number of aromatic nitrogens is 1. The van der Waals surface area contributed by atoms with Crippen molar-refractivity contribution in [1.82, 2.24) is 10.3 Å².